The second kappa shape index (κ2) is 6.34. The lowest BCUT2D eigenvalue weighted by molar-refractivity contribution is -0.125. The molecule has 0 aromatic heterocycles. The van der Waals surface area contributed by atoms with Gasteiger partial charge in [0.25, 0.3) is 0 Å². The summed E-state index contributed by atoms with van der Waals surface area (Å²) in [7, 11) is 4.38. The van der Waals surface area contributed by atoms with Crippen LogP contribution in [0.5, 0.6) is 0 Å². The molecule has 3 saturated heterocycles. The normalized spacial score (nSPS) is 44.8. The molecule has 1 saturated carbocycles. The molecule has 1 amide bonds. The van der Waals surface area contributed by atoms with E-state index < -0.39 is 0 Å². The quantitative estimate of drug-likeness (QED) is 0.809. The summed E-state index contributed by atoms with van der Waals surface area (Å²) < 4.78 is 0. The number of rotatable bonds is 2. The van der Waals surface area contributed by atoms with Crippen LogP contribution >= 0.6 is 0 Å². The minimum atomic E-state index is -0.00945. The van der Waals surface area contributed by atoms with Crippen molar-refractivity contribution in [3.05, 3.63) is 0 Å². The Morgan fingerprint density at radius 1 is 1.00 bits per heavy atom. The smallest absolute Gasteiger partial charge is 0.239 e. The molecule has 5 atom stereocenters. The SMILES string of the molecule is CN1NC(C(=O)NC2C[C@@H]3CCC[C@@H](C2)N3C)C2CCCCC21. The summed E-state index contributed by atoms with van der Waals surface area (Å²) in [5.41, 5.74) is 3.46. The van der Waals surface area contributed by atoms with Crippen LogP contribution in [-0.2, 0) is 4.79 Å². The fraction of sp³-hybridized carbons (Fsp3) is 0.944. The van der Waals surface area contributed by atoms with E-state index >= 15 is 0 Å². The Hall–Kier alpha value is -0.650. The fourth-order valence-electron chi connectivity index (χ4n) is 5.70. The number of hydrogen-bond donors (Lipinski definition) is 2. The lowest BCUT2D eigenvalue weighted by Gasteiger charge is -2.47. The molecule has 0 aromatic carbocycles. The molecule has 2 N–H and O–H groups in total. The molecule has 3 heterocycles. The maximum atomic E-state index is 12.9. The van der Waals surface area contributed by atoms with Gasteiger partial charge in [0.05, 0.1) is 0 Å². The molecular weight excluding hydrogens is 288 g/mol. The van der Waals surface area contributed by atoms with E-state index in [1.807, 2.05) is 0 Å². The number of nitrogens with one attached hydrogen (secondary N) is 2. The van der Waals surface area contributed by atoms with Crippen LogP contribution in [0.2, 0.25) is 0 Å². The second-order valence-corrected chi connectivity index (χ2v) is 8.31. The van der Waals surface area contributed by atoms with Gasteiger partial charge in [0.1, 0.15) is 6.04 Å². The average Bonchev–Trinajstić information content (AvgIpc) is 2.86. The molecule has 1 aliphatic carbocycles. The van der Waals surface area contributed by atoms with E-state index in [2.05, 4.69) is 34.7 Å². The van der Waals surface area contributed by atoms with E-state index in [1.165, 1.54) is 44.9 Å². The van der Waals surface area contributed by atoms with Gasteiger partial charge < -0.3 is 10.2 Å². The van der Waals surface area contributed by atoms with E-state index in [0.717, 1.165) is 12.8 Å². The van der Waals surface area contributed by atoms with Crippen molar-refractivity contribution in [2.24, 2.45) is 5.92 Å². The number of fused-ring (bicyclic) bond motifs is 3. The molecule has 4 aliphatic rings. The molecule has 23 heavy (non-hydrogen) atoms. The first-order valence-electron chi connectivity index (χ1n) is 9.65. The third kappa shape index (κ3) is 2.92. The average molecular weight is 320 g/mol. The predicted molar refractivity (Wildman–Crippen MR) is 90.8 cm³/mol. The number of nitrogens with zero attached hydrogens (tertiary/aromatic N) is 2. The Bertz CT molecular complexity index is 442. The van der Waals surface area contributed by atoms with E-state index in [4.69, 9.17) is 0 Å². The van der Waals surface area contributed by atoms with E-state index in [9.17, 15) is 4.79 Å². The highest BCUT2D eigenvalue weighted by Gasteiger charge is 2.45. The van der Waals surface area contributed by atoms with Crippen molar-refractivity contribution in [2.75, 3.05) is 14.1 Å². The highest BCUT2D eigenvalue weighted by molar-refractivity contribution is 5.82. The number of hydrazine groups is 1. The molecule has 0 aromatic rings. The highest BCUT2D eigenvalue weighted by Crippen LogP contribution is 2.35. The molecule has 5 nitrogen and oxygen atoms in total. The van der Waals surface area contributed by atoms with E-state index in [1.54, 1.807) is 0 Å². The Morgan fingerprint density at radius 3 is 2.43 bits per heavy atom. The highest BCUT2D eigenvalue weighted by atomic mass is 16.2. The molecule has 130 valence electrons. The summed E-state index contributed by atoms with van der Waals surface area (Å²) in [6.45, 7) is 0. The largest absolute Gasteiger partial charge is 0.352 e. The van der Waals surface area contributed by atoms with Crippen LogP contribution in [0.1, 0.15) is 57.8 Å². The van der Waals surface area contributed by atoms with Crippen LogP contribution in [0.15, 0.2) is 0 Å². The molecular formula is C18H32N4O. The maximum Gasteiger partial charge on any atom is 0.239 e. The Kier molecular flexibility index (Phi) is 4.37. The minimum Gasteiger partial charge on any atom is -0.352 e. The zero-order valence-corrected chi connectivity index (χ0v) is 14.6. The molecule has 4 fully saturated rings. The lowest BCUT2D eigenvalue weighted by Crippen LogP contribution is -2.57. The van der Waals surface area contributed by atoms with Crippen molar-refractivity contribution in [1.29, 1.82) is 0 Å². The fourth-order valence-corrected chi connectivity index (χ4v) is 5.70. The summed E-state index contributed by atoms with van der Waals surface area (Å²) in [5, 5.41) is 5.61. The van der Waals surface area contributed by atoms with Gasteiger partial charge in [-0.15, -0.1) is 0 Å². The first-order chi connectivity index (χ1) is 11.1. The van der Waals surface area contributed by atoms with Gasteiger partial charge in [-0.25, -0.2) is 10.4 Å². The summed E-state index contributed by atoms with van der Waals surface area (Å²) in [6, 6.07) is 2.27. The molecule has 4 rings (SSSR count). The second-order valence-electron chi connectivity index (χ2n) is 8.31. The standard InChI is InChI=1S/C18H32N4O/c1-21-13-6-5-7-14(21)11-12(10-13)19-18(23)17-15-8-3-4-9-16(15)22(2)20-17/h12-17,20H,3-11H2,1-2H3,(H,19,23)/t13-,14-,15?,16?,17?/m0/s1. The third-order valence-corrected chi connectivity index (χ3v) is 7.02. The summed E-state index contributed by atoms with van der Waals surface area (Å²) in [6.07, 6.45) is 11.2. The van der Waals surface area contributed by atoms with Gasteiger partial charge in [-0.2, -0.15) is 0 Å². The summed E-state index contributed by atoms with van der Waals surface area (Å²) in [5.74, 6) is 0.749. The summed E-state index contributed by atoms with van der Waals surface area (Å²) >= 11 is 0. The van der Waals surface area contributed by atoms with Gasteiger partial charge in [0.15, 0.2) is 0 Å². The number of amides is 1. The van der Waals surface area contributed by atoms with Crippen LogP contribution in [-0.4, -0.2) is 60.1 Å². The van der Waals surface area contributed by atoms with Crippen LogP contribution in [0.3, 0.4) is 0 Å². The van der Waals surface area contributed by atoms with Crippen molar-refractivity contribution in [1.82, 2.24) is 20.7 Å². The molecule has 3 unspecified atom stereocenters. The molecule has 3 aliphatic heterocycles. The zero-order chi connectivity index (χ0) is 16.0. The van der Waals surface area contributed by atoms with Crippen molar-refractivity contribution < 1.29 is 4.79 Å². The van der Waals surface area contributed by atoms with Crippen LogP contribution < -0.4 is 10.7 Å². The minimum absolute atomic E-state index is 0.00945. The maximum absolute atomic E-state index is 12.9. The van der Waals surface area contributed by atoms with E-state index in [0.29, 0.717) is 30.1 Å². The Labute approximate surface area is 140 Å². The van der Waals surface area contributed by atoms with Crippen LogP contribution in [0.4, 0.5) is 0 Å². The molecule has 0 spiro atoms. The molecule has 0 radical (unpaired) electrons. The van der Waals surface area contributed by atoms with Gasteiger partial charge in [0, 0.05) is 37.1 Å². The third-order valence-electron chi connectivity index (χ3n) is 7.02. The number of piperidine rings is 2. The van der Waals surface area contributed by atoms with Crippen molar-refractivity contribution in [3.8, 4) is 0 Å². The zero-order valence-electron chi connectivity index (χ0n) is 14.6. The first-order valence-corrected chi connectivity index (χ1v) is 9.65. The van der Waals surface area contributed by atoms with Gasteiger partial charge in [-0.1, -0.05) is 19.3 Å². The van der Waals surface area contributed by atoms with E-state index in [-0.39, 0.29) is 11.9 Å². The van der Waals surface area contributed by atoms with Crippen molar-refractivity contribution >= 4 is 5.91 Å². The number of hydrogen-bond acceptors (Lipinski definition) is 4. The van der Waals surface area contributed by atoms with Gasteiger partial charge in [0.2, 0.25) is 5.91 Å². The van der Waals surface area contributed by atoms with Crippen LogP contribution in [0.25, 0.3) is 0 Å². The lowest BCUT2D eigenvalue weighted by atomic mass is 9.80. The topological polar surface area (TPSA) is 47.6 Å². The predicted octanol–water partition coefficient (Wildman–Crippen LogP) is 1.50. The van der Waals surface area contributed by atoms with Crippen molar-refractivity contribution in [3.63, 3.8) is 0 Å². The summed E-state index contributed by atoms with van der Waals surface area (Å²) in [4.78, 5) is 15.5. The first kappa shape index (κ1) is 15.9. The monoisotopic (exact) mass is 320 g/mol. The van der Waals surface area contributed by atoms with Crippen LogP contribution in [0, 0.1) is 5.92 Å². The Morgan fingerprint density at radius 2 is 1.70 bits per heavy atom. The van der Waals surface area contributed by atoms with Gasteiger partial charge >= 0.3 is 0 Å². The van der Waals surface area contributed by atoms with Crippen molar-refractivity contribution in [2.45, 2.75) is 88.0 Å². The number of carbonyl (C=O) groups is 1. The van der Waals surface area contributed by atoms with Gasteiger partial charge in [-0.3, -0.25) is 4.79 Å². The molecule has 2 bridgehead atoms. The van der Waals surface area contributed by atoms with Gasteiger partial charge in [-0.05, 0) is 45.6 Å². The molecule has 5 heteroatoms. The number of carbonyl (C=O) groups excluding carboxylic acids is 1. The Balaban J connectivity index is 1.38.